The zero-order chi connectivity index (χ0) is 20.1. The molecule has 150 valence electrons. The molecule has 3 rings (SSSR count). The van der Waals surface area contributed by atoms with Crippen LogP contribution in [0.2, 0.25) is 0 Å². The lowest BCUT2D eigenvalue weighted by Crippen LogP contribution is -2.43. The highest BCUT2D eigenvalue weighted by atomic mass is 32.2. The predicted molar refractivity (Wildman–Crippen MR) is 104 cm³/mol. The van der Waals surface area contributed by atoms with Gasteiger partial charge in [0.25, 0.3) is 0 Å². The summed E-state index contributed by atoms with van der Waals surface area (Å²) < 4.78 is 37.3. The van der Waals surface area contributed by atoms with Crippen molar-refractivity contribution in [3.05, 3.63) is 42.6 Å². The van der Waals surface area contributed by atoms with E-state index in [1.807, 2.05) is 0 Å². The van der Waals surface area contributed by atoms with E-state index in [2.05, 4.69) is 10.3 Å². The minimum atomic E-state index is -3.67. The number of pyridine rings is 1. The van der Waals surface area contributed by atoms with Crippen LogP contribution in [0.15, 0.2) is 47.5 Å². The van der Waals surface area contributed by atoms with Crippen LogP contribution in [0.3, 0.4) is 0 Å². The highest BCUT2D eigenvalue weighted by molar-refractivity contribution is 7.89. The maximum absolute atomic E-state index is 12.9. The number of sulfonamides is 1. The van der Waals surface area contributed by atoms with Gasteiger partial charge in [-0.1, -0.05) is 0 Å². The molecule has 0 radical (unpaired) electrons. The number of benzene rings is 1. The summed E-state index contributed by atoms with van der Waals surface area (Å²) in [6.07, 6.45) is 2.75. The molecule has 0 saturated carbocycles. The van der Waals surface area contributed by atoms with Crippen molar-refractivity contribution in [1.29, 1.82) is 0 Å². The third-order valence-electron chi connectivity index (χ3n) is 4.67. The number of nitrogens with zero attached hydrogens (tertiary/aromatic N) is 2. The maximum Gasteiger partial charge on any atom is 0.243 e. The van der Waals surface area contributed by atoms with Crippen molar-refractivity contribution in [2.45, 2.75) is 17.7 Å². The fraction of sp³-hybridized carbons (Fsp3) is 0.368. The highest BCUT2D eigenvalue weighted by Gasteiger charge is 2.33. The predicted octanol–water partition coefficient (Wildman–Crippen LogP) is 2.14. The number of piperidine rings is 1. The van der Waals surface area contributed by atoms with Gasteiger partial charge >= 0.3 is 0 Å². The number of hydrogen-bond donors (Lipinski definition) is 1. The average Bonchev–Trinajstić information content (AvgIpc) is 2.74. The Balaban J connectivity index is 1.68. The Kier molecular flexibility index (Phi) is 6.15. The molecule has 9 heteroatoms. The molecule has 8 nitrogen and oxygen atoms in total. The van der Waals surface area contributed by atoms with Gasteiger partial charge in [-0.15, -0.1) is 0 Å². The number of amides is 1. The van der Waals surface area contributed by atoms with Crippen LogP contribution in [-0.4, -0.2) is 50.9 Å². The second-order valence-electron chi connectivity index (χ2n) is 6.46. The molecule has 28 heavy (non-hydrogen) atoms. The first-order chi connectivity index (χ1) is 13.4. The fourth-order valence-corrected chi connectivity index (χ4v) is 4.61. The van der Waals surface area contributed by atoms with Crippen LogP contribution in [0.4, 0.5) is 5.69 Å². The molecule has 1 aromatic carbocycles. The summed E-state index contributed by atoms with van der Waals surface area (Å²) in [7, 11) is -0.629. The molecule has 1 amide bonds. The molecule has 1 aliphatic rings. The summed E-state index contributed by atoms with van der Waals surface area (Å²) in [4.78, 5) is 16.8. The topological polar surface area (TPSA) is 97.8 Å². The first kappa shape index (κ1) is 20.1. The van der Waals surface area contributed by atoms with Gasteiger partial charge in [-0.2, -0.15) is 4.31 Å². The van der Waals surface area contributed by atoms with Crippen molar-refractivity contribution in [1.82, 2.24) is 9.29 Å². The van der Waals surface area contributed by atoms with Crippen molar-refractivity contribution >= 4 is 21.6 Å². The van der Waals surface area contributed by atoms with Crippen molar-refractivity contribution in [3.63, 3.8) is 0 Å². The third-order valence-corrected chi connectivity index (χ3v) is 6.54. The van der Waals surface area contributed by atoms with E-state index >= 15 is 0 Å². The molecule has 1 aliphatic heterocycles. The van der Waals surface area contributed by atoms with Gasteiger partial charge in [0, 0.05) is 19.2 Å². The van der Waals surface area contributed by atoms with Gasteiger partial charge in [0.1, 0.15) is 5.75 Å². The first-order valence-corrected chi connectivity index (χ1v) is 10.3. The Morgan fingerprint density at radius 2 is 1.89 bits per heavy atom. The van der Waals surface area contributed by atoms with E-state index in [0.717, 1.165) is 0 Å². The lowest BCUT2D eigenvalue weighted by Gasteiger charge is -2.31. The van der Waals surface area contributed by atoms with Crippen molar-refractivity contribution < 1.29 is 22.7 Å². The summed E-state index contributed by atoms with van der Waals surface area (Å²) in [6.45, 7) is 0.534. The number of nitrogens with one attached hydrogen (secondary N) is 1. The summed E-state index contributed by atoms with van der Waals surface area (Å²) in [5.41, 5.74) is 0.543. The van der Waals surface area contributed by atoms with E-state index in [4.69, 9.17) is 9.47 Å². The Morgan fingerprint density at radius 1 is 1.14 bits per heavy atom. The number of methoxy groups -OCH3 is 2. The lowest BCUT2D eigenvalue weighted by molar-refractivity contribution is -0.120. The van der Waals surface area contributed by atoms with E-state index in [-0.39, 0.29) is 17.3 Å². The van der Waals surface area contributed by atoms with E-state index in [1.54, 1.807) is 24.3 Å². The van der Waals surface area contributed by atoms with Crippen LogP contribution in [0.1, 0.15) is 12.8 Å². The van der Waals surface area contributed by atoms with Gasteiger partial charge in [0.15, 0.2) is 0 Å². The average molecular weight is 405 g/mol. The molecule has 1 fully saturated rings. The SMILES string of the molecule is COc1ccc(S(=O)(=O)N2CCC[C@@H](C(=O)Nc3ccc(OC)nc3)C2)cc1. The molecule has 0 spiro atoms. The molecule has 1 atom stereocenters. The molecule has 0 bridgehead atoms. The molecule has 2 heterocycles. The highest BCUT2D eigenvalue weighted by Crippen LogP contribution is 2.26. The van der Waals surface area contributed by atoms with Crippen LogP contribution in [0, 0.1) is 5.92 Å². The van der Waals surface area contributed by atoms with Gasteiger partial charge in [-0.25, -0.2) is 13.4 Å². The molecular formula is C19H23N3O5S. The summed E-state index contributed by atoms with van der Waals surface area (Å²) >= 11 is 0. The smallest absolute Gasteiger partial charge is 0.243 e. The summed E-state index contributed by atoms with van der Waals surface area (Å²) in [5.74, 6) is 0.390. The molecular weight excluding hydrogens is 382 g/mol. The van der Waals surface area contributed by atoms with Gasteiger partial charge in [0.05, 0.1) is 36.9 Å². The maximum atomic E-state index is 12.9. The van der Waals surface area contributed by atoms with Crippen LogP contribution < -0.4 is 14.8 Å². The molecule has 0 unspecified atom stereocenters. The monoisotopic (exact) mass is 405 g/mol. The Hall–Kier alpha value is -2.65. The van der Waals surface area contributed by atoms with E-state index in [9.17, 15) is 13.2 Å². The largest absolute Gasteiger partial charge is 0.497 e. The molecule has 1 saturated heterocycles. The molecule has 1 aromatic heterocycles. The van der Waals surface area contributed by atoms with Gasteiger partial charge < -0.3 is 14.8 Å². The Bertz CT molecular complexity index is 914. The minimum absolute atomic E-state index is 0.143. The Morgan fingerprint density at radius 3 is 2.50 bits per heavy atom. The van der Waals surface area contributed by atoms with Crippen LogP contribution in [0.25, 0.3) is 0 Å². The van der Waals surface area contributed by atoms with Gasteiger partial charge in [-0.3, -0.25) is 4.79 Å². The third kappa shape index (κ3) is 4.42. The van der Waals surface area contributed by atoms with Crippen molar-refractivity contribution in [2.24, 2.45) is 5.92 Å². The second kappa shape index (κ2) is 8.57. The van der Waals surface area contributed by atoms with E-state index < -0.39 is 15.9 Å². The zero-order valence-corrected chi connectivity index (χ0v) is 16.6. The standard InChI is InChI=1S/C19H23N3O5S/c1-26-16-6-8-17(9-7-16)28(24,25)22-11-3-4-14(13-22)19(23)21-15-5-10-18(27-2)20-12-15/h5-10,12,14H,3-4,11,13H2,1-2H3,(H,21,23)/t14-/m1/s1. The second-order valence-corrected chi connectivity index (χ2v) is 8.39. The number of carbonyl (C=O) groups is 1. The fourth-order valence-electron chi connectivity index (χ4n) is 3.09. The van der Waals surface area contributed by atoms with Gasteiger partial charge in [0.2, 0.25) is 21.8 Å². The summed E-state index contributed by atoms with van der Waals surface area (Å²) in [6, 6.07) is 9.59. The zero-order valence-electron chi connectivity index (χ0n) is 15.8. The molecule has 0 aliphatic carbocycles. The van der Waals surface area contributed by atoms with Crippen molar-refractivity contribution in [2.75, 3.05) is 32.6 Å². The molecule has 2 aromatic rings. The van der Waals surface area contributed by atoms with E-state index in [0.29, 0.717) is 36.7 Å². The number of ether oxygens (including phenoxy) is 2. The quantitative estimate of drug-likeness (QED) is 0.791. The number of carbonyl (C=O) groups excluding carboxylic acids is 1. The van der Waals surface area contributed by atoms with Gasteiger partial charge in [-0.05, 0) is 43.2 Å². The lowest BCUT2D eigenvalue weighted by atomic mass is 9.99. The Labute approximate surface area is 164 Å². The number of anilines is 1. The van der Waals surface area contributed by atoms with Crippen LogP contribution in [-0.2, 0) is 14.8 Å². The minimum Gasteiger partial charge on any atom is -0.497 e. The summed E-state index contributed by atoms with van der Waals surface area (Å²) in [5, 5.41) is 2.79. The van der Waals surface area contributed by atoms with Crippen LogP contribution >= 0.6 is 0 Å². The number of rotatable bonds is 6. The molecule has 1 N–H and O–H groups in total. The van der Waals surface area contributed by atoms with E-state index in [1.165, 1.54) is 36.9 Å². The first-order valence-electron chi connectivity index (χ1n) is 8.89. The normalized spacial score (nSPS) is 17.7. The van der Waals surface area contributed by atoms with Crippen molar-refractivity contribution in [3.8, 4) is 11.6 Å². The number of hydrogen-bond acceptors (Lipinski definition) is 6. The van der Waals surface area contributed by atoms with Crippen LogP contribution in [0.5, 0.6) is 11.6 Å². The number of aromatic nitrogens is 1.